The number of methoxy groups -OCH3 is 1. The lowest BCUT2D eigenvalue weighted by atomic mass is 10.0. The van der Waals surface area contributed by atoms with E-state index in [9.17, 15) is 9.18 Å². The van der Waals surface area contributed by atoms with Gasteiger partial charge in [0.05, 0.1) is 30.3 Å². The Balaban J connectivity index is 1.91. The third kappa shape index (κ3) is 3.59. The van der Waals surface area contributed by atoms with Crippen LogP contribution in [0.25, 0.3) is 5.69 Å². The predicted octanol–water partition coefficient (Wildman–Crippen LogP) is 4.40. The van der Waals surface area contributed by atoms with Crippen LogP contribution in [0.1, 0.15) is 35.8 Å². The van der Waals surface area contributed by atoms with Crippen LogP contribution in [0.15, 0.2) is 54.7 Å². The van der Waals surface area contributed by atoms with Crippen LogP contribution in [0.5, 0.6) is 5.75 Å². The fourth-order valence-corrected chi connectivity index (χ4v) is 2.75. The minimum Gasteiger partial charge on any atom is -0.497 e. The van der Waals surface area contributed by atoms with Gasteiger partial charge in [-0.1, -0.05) is 13.8 Å². The monoisotopic (exact) mass is 353 g/mol. The molecule has 0 saturated carbocycles. The Labute approximate surface area is 151 Å². The van der Waals surface area contributed by atoms with Crippen LogP contribution in [0.4, 0.5) is 10.1 Å². The number of halogens is 1. The maximum atomic E-state index is 13.2. The highest BCUT2D eigenvalue weighted by molar-refractivity contribution is 6.05. The Kier molecular flexibility index (Phi) is 5.02. The number of carbonyl (C=O) groups excluding carboxylic acids is 1. The fraction of sp³-hybridized carbons (Fsp3) is 0.200. The first-order valence-corrected chi connectivity index (χ1v) is 8.29. The molecule has 5 nitrogen and oxygen atoms in total. The minimum atomic E-state index is -0.315. The molecule has 2 aromatic carbocycles. The van der Waals surface area contributed by atoms with Crippen molar-refractivity contribution in [2.75, 3.05) is 12.4 Å². The van der Waals surface area contributed by atoms with Crippen molar-refractivity contribution in [3.63, 3.8) is 0 Å². The van der Waals surface area contributed by atoms with Gasteiger partial charge in [-0.2, -0.15) is 5.10 Å². The number of rotatable bonds is 5. The zero-order chi connectivity index (χ0) is 18.7. The van der Waals surface area contributed by atoms with Gasteiger partial charge in [0.25, 0.3) is 5.91 Å². The Morgan fingerprint density at radius 3 is 2.35 bits per heavy atom. The van der Waals surface area contributed by atoms with E-state index in [0.717, 1.165) is 11.4 Å². The van der Waals surface area contributed by atoms with E-state index in [-0.39, 0.29) is 17.6 Å². The SMILES string of the molecule is COc1ccc(NC(=O)c2cnn(-c3ccc(F)cc3)c2C(C)C)cc1. The summed E-state index contributed by atoms with van der Waals surface area (Å²) in [5, 5.41) is 7.21. The van der Waals surface area contributed by atoms with Gasteiger partial charge < -0.3 is 10.1 Å². The van der Waals surface area contributed by atoms with Crippen molar-refractivity contribution in [3.05, 3.63) is 71.8 Å². The van der Waals surface area contributed by atoms with Crippen molar-refractivity contribution in [1.82, 2.24) is 9.78 Å². The molecule has 0 atom stereocenters. The lowest BCUT2D eigenvalue weighted by Gasteiger charge is -2.13. The van der Waals surface area contributed by atoms with Crippen LogP contribution in [0, 0.1) is 5.82 Å². The summed E-state index contributed by atoms with van der Waals surface area (Å²) < 4.78 is 20.0. The van der Waals surface area contributed by atoms with Gasteiger partial charge in [0, 0.05) is 5.69 Å². The number of hydrogen-bond donors (Lipinski definition) is 1. The van der Waals surface area contributed by atoms with Gasteiger partial charge in [-0.25, -0.2) is 9.07 Å². The van der Waals surface area contributed by atoms with Gasteiger partial charge in [0.15, 0.2) is 0 Å². The Bertz CT molecular complexity index is 900. The molecule has 0 unspecified atom stereocenters. The second-order valence-corrected chi connectivity index (χ2v) is 6.17. The number of hydrogen-bond acceptors (Lipinski definition) is 3. The minimum absolute atomic E-state index is 0.0548. The molecule has 3 rings (SSSR count). The molecule has 6 heteroatoms. The number of nitrogens with zero attached hydrogens (tertiary/aromatic N) is 2. The normalized spacial score (nSPS) is 10.8. The maximum absolute atomic E-state index is 13.2. The largest absolute Gasteiger partial charge is 0.497 e. The molecule has 1 heterocycles. The van der Waals surface area contributed by atoms with Crippen molar-refractivity contribution < 1.29 is 13.9 Å². The van der Waals surface area contributed by atoms with Crippen molar-refractivity contribution >= 4 is 11.6 Å². The first kappa shape index (κ1) is 17.7. The van der Waals surface area contributed by atoms with Crippen LogP contribution < -0.4 is 10.1 Å². The summed E-state index contributed by atoms with van der Waals surface area (Å²) in [5.41, 5.74) is 2.63. The van der Waals surface area contributed by atoms with Crippen LogP contribution >= 0.6 is 0 Å². The quantitative estimate of drug-likeness (QED) is 0.740. The van der Waals surface area contributed by atoms with Crippen molar-refractivity contribution in [3.8, 4) is 11.4 Å². The van der Waals surface area contributed by atoms with Gasteiger partial charge in [-0.05, 0) is 54.4 Å². The van der Waals surface area contributed by atoms with Gasteiger partial charge in [0.1, 0.15) is 11.6 Å². The number of benzene rings is 2. The van der Waals surface area contributed by atoms with Gasteiger partial charge in [-0.3, -0.25) is 4.79 Å². The first-order chi connectivity index (χ1) is 12.5. The molecular weight excluding hydrogens is 333 g/mol. The van der Waals surface area contributed by atoms with Crippen molar-refractivity contribution in [2.24, 2.45) is 0 Å². The highest BCUT2D eigenvalue weighted by Gasteiger charge is 2.21. The first-order valence-electron chi connectivity index (χ1n) is 8.29. The topological polar surface area (TPSA) is 56.1 Å². The summed E-state index contributed by atoms with van der Waals surface area (Å²) >= 11 is 0. The Morgan fingerprint density at radius 2 is 1.77 bits per heavy atom. The summed E-state index contributed by atoms with van der Waals surface area (Å²) in [4.78, 5) is 12.7. The summed E-state index contributed by atoms with van der Waals surface area (Å²) in [5.74, 6) is 0.214. The molecule has 0 saturated heterocycles. The molecule has 0 radical (unpaired) electrons. The molecule has 0 spiro atoms. The number of carbonyl (C=O) groups is 1. The molecule has 134 valence electrons. The lowest BCUT2D eigenvalue weighted by Crippen LogP contribution is -2.15. The fourth-order valence-electron chi connectivity index (χ4n) is 2.75. The Hall–Kier alpha value is -3.15. The lowest BCUT2D eigenvalue weighted by molar-refractivity contribution is 0.102. The molecule has 0 aliphatic carbocycles. The third-order valence-electron chi connectivity index (χ3n) is 4.02. The summed E-state index contributed by atoms with van der Waals surface area (Å²) in [6, 6.07) is 13.1. The maximum Gasteiger partial charge on any atom is 0.259 e. The second-order valence-electron chi connectivity index (χ2n) is 6.17. The Morgan fingerprint density at radius 1 is 1.12 bits per heavy atom. The zero-order valence-electron chi connectivity index (χ0n) is 14.9. The second kappa shape index (κ2) is 7.39. The molecule has 0 bridgehead atoms. The molecular formula is C20H20FN3O2. The summed E-state index contributed by atoms with van der Waals surface area (Å²) in [7, 11) is 1.59. The molecule has 0 aliphatic rings. The van der Waals surface area contributed by atoms with E-state index in [1.165, 1.54) is 18.3 Å². The van der Waals surface area contributed by atoms with Gasteiger partial charge in [0.2, 0.25) is 0 Å². The average Bonchev–Trinajstić information content (AvgIpc) is 3.08. The molecule has 3 aromatic rings. The molecule has 0 aliphatic heterocycles. The molecule has 1 aromatic heterocycles. The number of ether oxygens (including phenoxy) is 1. The van der Waals surface area contributed by atoms with E-state index in [1.807, 2.05) is 13.8 Å². The molecule has 1 N–H and O–H groups in total. The van der Waals surface area contributed by atoms with E-state index in [1.54, 1.807) is 48.2 Å². The van der Waals surface area contributed by atoms with E-state index in [2.05, 4.69) is 10.4 Å². The van der Waals surface area contributed by atoms with E-state index >= 15 is 0 Å². The number of aromatic nitrogens is 2. The van der Waals surface area contributed by atoms with Gasteiger partial charge >= 0.3 is 0 Å². The molecule has 1 amide bonds. The molecule has 26 heavy (non-hydrogen) atoms. The summed E-state index contributed by atoms with van der Waals surface area (Å²) in [6.07, 6.45) is 1.54. The average molecular weight is 353 g/mol. The van der Waals surface area contributed by atoms with Crippen LogP contribution in [0.2, 0.25) is 0 Å². The number of amides is 1. The van der Waals surface area contributed by atoms with E-state index in [0.29, 0.717) is 16.9 Å². The van der Waals surface area contributed by atoms with Crippen molar-refractivity contribution in [1.29, 1.82) is 0 Å². The highest BCUT2D eigenvalue weighted by atomic mass is 19.1. The van der Waals surface area contributed by atoms with Gasteiger partial charge in [-0.15, -0.1) is 0 Å². The van der Waals surface area contributed by atoms with Crippen LogP contribution in [-0.2, 0) is 0 Å². The standard InChI is InChI=1S/C20H20FN3O2/c1-13(2)19-18(12-22-24(19)16-8-4-14(21)5-9-16)20(25)23-15-6-10-17(26-3)11-7-15/h4-13H,1-3H3,(H,23,25). The van der Waals surface area contributed by atoms with Crippen LogP contribution in [0.3, 0.4) is 0 Å². The van der Waals surface area contributed by atoms with Crippen molar-refractivity contribution in [2.45, 2.75) is 19.8 Å². The predicted molar refractivity (Wildman–Crippen MR) is 98.6 cm³/mol. The van der Waals surface area contributed by atoms with E-state index < -0.39 is 0 Å². The zero-order valence-corrected chi connectivity index (χ0v) is 14.9. The number of anilines is 1. The smallest absolute Gasteiger partial charge is 0.259 e. The molecule has 0 fully saturated rings. The highest BCUT2D eigenvalue weighted by Crippen LogP contribution is 2.24. The third-order valence-corrected chi connectivity index (χ3v) is 4.02. The number of nitrogens with one attached hydrogen (secondary N) is 1. The van der Waals surface area contributed by atoms with Crippen LogP contribution in [-0.4, -0.2) is 22.8 Å². The summed E-state index contributed by atoms with van der Waals surface area (Å²) in [6.45, 7) is 3.97. The van der Waals surface area contributed by atoms with E-state index in [4.69, 9.17) is 4.74 Å².